The van der Waals surface area contributed by atoms with E-state index >= 15 is 0 Å². The van der Waals surface area contributed by atoms with E-state index in [1.807, 2.05) is 49.4 Å². The van der Waals surface area contributed by atoms with Gasteiger partial charge in [0.15, 0.2) is 0 Å². The quantitative estimate of drug-likeness (QED) is 0.776. The zero-order chi connectivity index (χ0) is 13.9. The van der Waals surface area contributed by atoms with Crippen molar-refractivity contribution >= 4 is 10.8 Å². The Bertz CT molecular complexity index is 738. The molecule has 1 heterocycles. The smallest absolute Gasteiger partial charge is 0.223 e. The van der Waals surface area contributed by atoms with Crippen LogP contribution in [-0.2, 0) is 0 Å². The molecule has 20 heavy (non-hydrogen) atoms. The fourth-order valence-corrected chi connectivity index (χ4v) is 2.18. The molecule has 0 aliphatic heterocycles. The van der Waals surface area contributed by atoms with Crippen LogP contribution in [0.25, 0.3) is 10.8 Å². The van der Waals surface area contributed by atoms with Crippen molar-refractivity contribution in [3.05, 3.63) is 66.4 Å². The molecule has 0 aliphatic rings. The van der Waals surface area contributed by atoms with E-state index in [9.17, 15) is 0 Å². The Morgan fingerprint density at radius 1 is 1.00 bits per heavy atom. The molecular weight excluding hydrogens is 248 g/mol. The second kappa shape index (κ2) is 5.31. The first kappa shape index (κ1) is 12.6. The van der Waals surface area contributed by atoms with Gasteiger partial charge in [0.1, 0.15) is 5.75 Å². The van der Waals surface area contributed by atoms with Crippen molar-refractivity contribution in [3.8, 4) is 11.6 Å². The first-order valence-corrected chi connectivity index (χ1v) is 6.61. The van der Waals surface area contributed by atoms with Crippen molar-refractivity contribution < 1.29 is 4.74 Å². The highest BCUT2D eigenvalue weighted by Crippen LogP contribution is 2.28. The third-order valence-corrected chi connectivity index (χ3v) is 3.23. The second-order valence-corrected chi connectivity index (χ2v) is 4.80. The Morgan fingerprint density at radius 2 is 1.80 bits per heavy atom. The van der Waals surface area contributed by atoms with Crippen LogP contribution in [0.1, 0.15) is 18.5 Å². The lowest BCUT2D eigenvalue weighted by Gasteiger charge is -2.12. The van der Waals surface area contributed by atoms with E-state index in [1.165, 1.54) is 5.39 Å². The Kier molecular flexibility index (Phi) is 3.35. The Balaban J connectivity index is 1.97. The normalized spacial score (nSPS) is 12.3. The summed E-state index contributed by atoms with van der Waals surface area (Å²) in [5.41, 5.74) is 6.84. The molecule has 3 rings (SSSR count). The van der Waals surface area contributed by atoms with Gasteiger partial charge in [-0.2, -0.15) is 0 Å². The van der Waals surface area contributed by atoms with Crippen LogP contribution < -0.4 is 10.5 Å². The number of nitrogens with two attached hydrogens (primary N) is 1. The summed E-state index contributed by atoms with van der Waals surface area (Å²) < 4.78 is 5.89. The molecule has 100 valence electrons. The lowest BCUT2D eigenvalue weighted by Crippen LogP contribution is -2.07. The van der Waals surface area contributed by atoms with Crippen LogP contribution in [0.4, 0.5) is 0 Å². The SMILES string of the molecule is C[C@H](N)c1cccnc1Oc1ccc2ccccc2c1. The van der Waals surface area contributed by atoms with E-state index in [1.54, 1.807) is 6.20 Å². The molecular formula is C17H16N2O. The molecule has 2 aromatic carbocycles. The standard InChI is InChI=1S/C17H16N2O/c1-12(18)16-7-4-10-19-17(16)20-15-9-8-13-5-2-3-6-14(13)11-15/h2-12H,18H2,1H3/t12-/m0/s1. The molecule has 0 fully saturated rings. The van der Waals surface area contributed by atoms with Gasteiger partial charge >= 0.3 is 0 Å². The molecule has 0 radical (unpaired) electrons. The van der Waals surface area contributed by atoms with Gasteiger partial charge in [-0.15, -0.1) is 0 Å². The average Bonchev–Trinajstić information content (AvgIpc) is 2.47. The summed E-state index contributed by atoms with van der Waals surface area (Å²) in [6.45, 7) is 1.92. The Hall–Kier alpha value is -2.39. The minimum atomic E-state index is -0.112. The van der Waals surface area contributed by atoms with E-state index in [2.05, 4.69) is 17.1 Å². The van der Waals surface area contributed by atoms with Crippen molar-refractivity contribution in [2.75, 3.05) is 0 Å². The van der Waals surface area contributed by atoms with Gasteiger partial charge in [0.05, 0.1) is 0 Å². The molecule has 3 aromatic rings. The summed E-state index contributed by atoms with van der Waals surface area (Å²) in [6, 6.07) is 17.9. The van der Waals surface area contributed by atoms with Crippen LogP contribution >= 0.6 is 0 Å². The van der Waals surface area contributed by atoms with Gasteiger partial charge in [-0.1, -0.05) is 36.4 Å². The minimum absolute atomic E-state index is 0.112. The largest absolute Gasteiger partial charge is 0.439 e. The number of pyridine rings is 1. The highest BCUT2D eigenvalue weighted by molar-refractivity contribution is 5.83. The highest BCUT2D eigenvalue weighted by atomic mass is 16.5. The molecule has 2 N–H and O–H groups in total. The molecule has 3 nitrogen and oxygen atoms in total. The monoisotopic (exact) mass is 264 g/mol. The molecule has 0 bridgehead atoms. The first-order valence-electron chi connectivity index (χ1n) is 6.61. The van der Waals surface area contributed by atoms with Gasteiger partial charge in [0, 0.05) is 17.8 Å². The fraction of sp³-hybridized carbons (Fsp3) is 0.118. The van der Waals surface area contributed by atoms with Crippen molar-refractivity contribution in [1.29, 1.82) is 0 Å². The maximum absolute atomic E-state index is 5.94. The first-order chi connectivity index (χ1) is 9.74. The summed E-state index contributed by atoms with van der Waals surface area (Å²) in [7, 11) is 0. The summed E-state index contributed by atoms with van der Waals surface area (Å²) in [5.74, 6) is 1.34. The Labute approximate surface area is 118 Å². The van der Waals surface area contributed by atoms with Crippen LogP contribution in [-0.4, -0.2) is 4.98 Å². The van der Waals surface area contributed by atoms with Crippen LogP contribution in [0.15, 0.2) is 60.8 Å². The van der Waals surface area contributed by atoms with Gasteiger partial charge < -0.3 is 10.5 Å². The summed E-state index contributed by atoms with van der Waals surface area (Å²) >= 11 is 0. The number of aromatic nitrogens is 1. The van der Waals surface area contributed by atoms with Gasteiger partial charge in [-0.05, 0) is 35.9 Å². The van der Waals surface area contributed by atoms with Crippen LogP contribution in [0.5, 0.6) is 11.6 Å². The highest BCUT2D eigenvalue weighted by Gasteiger charge is 2.09. The lowest BCUT2D eigenvalue weighted by atomic mass is 10.1. The minimum Gasteiger partial charge on any atom is -0.439 e. The van der Waals surface area contributed by atoms with E-state index in [-0.39, 0.29) is 6.04 Å². The number of rotatable bonds is 3. The van der Waals surface area contributed by atoms with E-state index in [0.29, 0.717) is 5.88 Å². The average molecular weight is 264 g/mol. The second-order valence-electron chi connectivity index (χ2n) is 4.80. The number of benzene rings is 2. The number of fused-ring (bicyclic) bond motifs is 1. The van der Waals surface area contributed by atoms with E-state index in [0.717, 1.165) is 16.7 Å². The number of ether oxygens (including phenoxy) is 1. The third-order valence-electron chi connectivity index (χ3n) is 3.23. The molecule has 3 heteroatoms. The van der Waals surface area contributed by atoms with Crippen molar-refractivity contribution in [2.45, 2.75) is 13.0 Å². The zero-order valence-electron chi connectivity index (χ0n) is 11.3. The summed E-state index contributed by atoms with van der Waals surface area (Å²) in [5, 5.41) is 2.33. The lowest BCUT2D eigenvalue weighted by molar-refractivity contribution is 0.453. The van der Waals surface area contributed by atoms with Gasteiger partial charge in [-0.3, -0.25) is 0 Å². The van der Waals surface area contributed by atoms with Crippen LogP contribution in [0.2, 0.25) is 0 Å². The zero-order valence-corrected chi connectivity index (χ0v) is 11.3. The topological polar surface area (TPSA) is 48.1 Å². The number of hydrogen-bond donors (Lipinski definition) is 1. The van der Waals surface area contributed by atoms with Crippen molar-refractivity contribution in [1.82, 2.24) is 4.98 Å². The van der Waals surface area contributed by atoms with Gasteiger partial charge in [-0.25, -0.2) is 4.98 Å². The molecule has 0 spiro atoms. The van der Waals surface area contributed by atoms with E-state index in [4.69, 9.17) is 10.5 Å². The molecule has 0 aliphatic carbocycles. The summed E-state index contributed by atoms with van der Waals surface area (Å²) in [4.78, 5) is 4.27. The Morgan fingerprint density at radius 3 is 2.60 bits per heavy atom. The van der Waals surface area contributed by atoms with Crippen LogP contribution in [0.3, 0.4) is 0 Å². The van der Waals surface area contributed by atoms with Gasteiger partial charge in [0.25, 0.3) is 0 Å². The van der Waals surface area contributed by atoms with E-state index < -0.39 is 0 Å². The molecule has 0 amide bonds. The van der Waals surface area contributed by atoms with Gasteiger partial charge in [0.2, 0.25) is 5.88 Å². The van der Waals surface area contributed by atoms with Crippen molar-refractivity contribution in [2.24, 2.45) is 5.73 Å². The third kappa shape index (κ3) is 2.49. The molecule has 0 saturated heterocycles. The number of nitrogens with zero attached hydrogens (tertiary/aromatic N) is 1. The molecule has 1 aromatic heterocycles. The van der Waals surface area contributed by atoms with Crippen LogP contribution in [0, 0.1) is 0 Å². The summed E-state index contributed by atoms with van der Waals surface area (Å²) in [6.07, 6.45) is 1.71. The maximum Gasteiger partial charge on any atom is 0.223 e. The molecule has 0 saturated carbocycles. The predicted octanol–water partition coefficient (Wildman–Crippen LogP) is 4.05. The van der Waals surface area contributed by atoms with Crippen molar-refractivity contribution in [3.63, 3.8) is 0 Å². The fourth-order valence-electron chi connectivity index (χ4n) is 2.18. The number of hydrogen-bond acceptors (Lipinski definition) is 3. The molecule has 0 unspecified atom stereocenters. The predicted molar refractivity (Wildman–Crippen MR) is 80.9 cm³/mol. The molecule has 1 atom stereocenters. The maximum atomic E-state index is 5.94.